The lowest BCUT2D eigenvalue weighted by Crippen LogP contribution is -2.21. The number of carbonyl (C=O) groups is 2. The van der Waals surface area contributed by atoms with E-state index in [1.807, 2.05) is 45.0 Å². The topological polar surface area (TPSA) is 64.6 Å². The second-order valence-corrected chi connectivity index (χ2v) is 6.50. The predicted octanol–water partition coefficient (Wildman–Crippen LogP) is 3.73. The molecule has 0 fully saturated rings. The number of methoxy groups -OCH3 is 1. The minimum atomic E-state index is -0.454. The number of carbonyl (C=O) groups excluding carboxylic acids is 2. The number of rotatable bonds is 6. The van der Waals surface area contributed by atoms with Crippen molar-refractivity contribution in [3.63, 3.8) is 0 Å². The molecule has 0 aliphatic rings. The molecule has 1 amide bonds. The number of ether oxygens (including phenoxy) is 2. The van der Waals surface area contributed by atoms with Crippen LogP contribution < -0.4 is 10.1 Å². The van der Waals surface area contributed by atoms with Gasteiger partial charge in [-0.05, 0) is 37.5 Å². The summed E-state index contributed by atoms with van der Waals surface area (Å²) in [5, 5.41) is 3.24. The Morgan fingerprint density at radius 1 is 1.21 bits per heavy atom. The van der Waals surface area contributed by atoms with E-state index in [0.717, 1.165) is 22.4 Å². The number of thiophene rings is 1. The van der Waals surface area contributed by atoms with E-state index in [1.54, 1.807) is 0 Å². The number of amides is 1. The SMILES string of the molecule is CCc1ccccc1OCC(=O)Nc1sc(C)c(C)c1C(=O)OC. The van der Waals surface area contributed by atoms with Crippen molar-refractivity contribution < 1.29 is 19.1 Å². The molecule has 6 heteroatoms. The van der Waals surface area contributed by atoms with Gasteiger partial charge in [0, 0.05) is 4.88 Å². The molecular formula is C18H21NO4S. The molecule has 0 saturated heterocycles. The number of para-hydroxylation sites is 1. The molecular weight excluding hydrogens is 326 g/mol. The van der Waals surface area contributed by atoms with Crippen LogP contribution in [0.2, 0.25) is 0 Å². The van der Waals surface area contributed by atoms with Gasteiger partial charge in [0.2, 0.25) is 0 Å². The minimum Gasteiger partial charge on any atom is -0.483 e. The van der Waals surface area contributed by atoms with Gasteiger partial charge >= 0.3 is 5.97 Å². The smallest absolute Gasteiger partial charge is 0.341 e. The third-order valence-corrected chi connectivity index (χ3v) is 4.86. The van der Waals surface area contributed by atoms with Crippen molar-refractivity contribution in [3.05, 3.63) is 45.8 Å². The molecule has 24 heavy (non-hydrogen) atoms. The number of hydrogen-bond acceptors (Lipinski definition) is 5. The summed E-state index contributed by atoms with van der Waals surface area (Å²) in [5.41, 5.74) is 2.27. The highest BCUT2D eigenvalue weighted by Gasteiger charge is 2.21. The van der Waals surface area contributed by atoms with E-state index in [2.05, 4.69) is 5.32 Å². The summed E-state index contributed by atoms with van der Waals surface area (Å²) in [6, 6.07) is 7.61. The van der Waals surface area contributed by atoms with Gasteiger partial charge in [-0.1, -0.05) is 25.1 Å². The van der Waals surface area contributed by atoms with Crippen molar-refractivity contribution in [2.75, 3.05) is 19.0 Å². The monoisotopic (exact) mass is 347 g/mol. The highest BCUT2D eigenvalue weighted by atomic mass is 32.1. The van der Waals surface area contributed by atoms with E-state index >= 15 is 0 Å². The lowest BCUT2D eigenvalue weighted by molar-refractivity contribution is -0.118. The molecule has 0 radical (unpaired) electrons. The number of nitrogens with one attached hydrogen (secondary N) is 1. The van der Waals surface area contributed by atoms with Crippen LogP contribution in [0.15, 0.2) is 24.3 Å². The molecule has 128 valence electrons. The number of aryl methyl sites for hydroxylation is 2. The Kier molecular flexibility index (Phi) is 5.98. The Labute approximate surface area is 145 Å². The Balaban J connectivity index is 2.08. The predicted molar refractivity (Wildman–Crippen MR) is 95.1 cm³/mol. The third-order valence-electron chi connectivity index (χ3n) is 3.74. The van der Waals surface area contributed by atoms with Crippen LogP contribution >= 0.6 is 11.3 Å². The van der Waals surface area contributed by atoms with E-state index < -0.39 is 5.97 Å². The average molecular weight is 347 g/mol. The highest BCUT2D eigenvalue weighted by Crippen LogP contribution is 2.32. The first kappa shape index (κ1) is 18.0. The number of benzene rings is 1. The van der Waals surface area contributed by atoms with Gasteiger partial charge in [-0.15, -0.1) is 11.3 Å². The summed E-state index contributed by atoms with van der Waals surface area (Å²) < 4.78 is 10.4. The molecule has 0 spiro atoms. The molecule has 0 aliphatic heterocycles. The summed E-state index contributed by atoms with van der Waals surface area (Å²) in [6.45, 7) is 5.65. The van der Waals surface area contributed by atoms with Gasteiger partial charge in [0.25, 0.3) is 5.91 Å². The van der Waals surface area contributed by atoms with Crippen LogP contribution in [-0.2, 0) is 16.0 Å². The molecule has 0 unspecified atom stereocenters. The zero-order valence-electron chi connectivity index (χ0n) is 14.3. The largest absolute Gasteiger partial charge is 0.483 e. The first-order chi connectivity index (χ1) is 11.5. The van der Waals surface area contributed by atoms with E-state index in [9.17, 15) is 9.59 Å². The van der Waals surface area contributed by atoms with Crippen LogP contribution in [0.3, 0.4) is 0 Å². The number of esters is 1. The van der Waals surface area contributed by atoms with Gasteiger partial charge in [-0.2, -0.15) is 0 Å². The molecule has 1 heterocycles. The summed E-state index contributed by atoms with van der Waals surface area (Å²) in [5.74, 6) is -0.0708. The fraction of sp³-hybridized carbons (Fsp3) is 0.333. The van der Waals surface area contributed by atoms with Gasteiger partial charge in [0.15, 0.2) is 6.61 Å². The zero-order chi connectivity index (χ0) is 17.7. The van der Waals surface area contributed by atoms with Crippen LogP contribution in [0.1, 0.15) is 33.3 Å². The van der Waals surface area contributed by atoms with Crippen LogP contribution in [0, 0.1) is 13.8 Å². The maximum atomic E-state index is 12.2. The molecule has 0 bridgehead atoms. The highest BCUT2D eigenvalue weighted by molar-refractivity contribution is 7.16. The van der Waals surface area contributed by atoms with Crippen molar-refractivity contribution in [1.29, 1.82) is 0 Å². The summed E-state index contributed by atoms with van der Waals surface area (Å²) in [6.07, 6.45) is 0.827. The summed E-state index contributed by atoms with van der Waals surface area (Å²) >= 11 is 1.35. The second-order valence-electron chi connectivity index (χ2n) is 5.28. The average Bonchev–Trinajstić information content (AvgIpc) is 2.86. The fourth-order valence-electron chi connectivity index (χ4n) is 2.31. The van der Waals surface area contributed by atoms with E-state index in [4.69, 9.17) is 9.47 Å². The van der Waals surface area contributed by atoms with Crippen LogP contribution in [-0.4, -0.2) is 25.6 Å². The Bertz CT molecular complexity index is 751. The third kappa shape index (κ3) is 3.94. The maximum Gasteiger partial charge on any atom is 0.341 e. The van der Waals surface area contributed by atoms with Crippen LogP contribution in [0.4, 0.5) is 5.00 Å². The zero-order valence-corrected chi connectivity index (χ0v) is 15.1. The summed E-state index contributed by atoms with van der Waals surface area (Å²) in [4.78, 5) is 25.1. The molecule has 1 aromatic carbocycles. The molecule has 0 saturated carbocycles. The summed E-state index contributed by atoms with van der Waals surface area (Å²) in [7, 11) is 1.32. The van der Waals surface area contributed by atoms with Gasteiger partial charge in [-0.25, -0.2) is 4.79 Å². The lowest BCUT2D eigenvalue weighted by atomic mass is 10.1. The normalized spacial score (nSPS) is 10.3. The van der Waals surface area contributed by atoms with Crippen LogP contribution in [0.25, 0.3) is 0 Å². The van der Waals surface area contributed by atoms with Gasteiger partial charge in [0.05, 0.1) is 12.7 Å². The van der Waals surface area contributed by atoms with Gasteiger partial charge in [-0.3, -0.25) is 4.79 Å². The van der Waals surface area contributed by atoms with Crippen molar-refractivity contribution >= 4 is 28.2 Å². The molecule has 5 nitrogen and oxygen atoms in total. The molecule has 0 aliphatic carbocycles. The van der Waals surface area contributed by atoms with Crippen molar-refractivity contribution in [2.45, 2.75) is 27.2 Å². The minimum absolute atomic E-state index is 0.117. The molecule has 1 N–H and O–H groups in total. The standard InChI is InChI=1S/C18H21NO4S/c1-5-13-8-6-7-9-14(13)23-10-15(20)19-17-16(18(21)22-4)11(2)12(3)24-17/h6-9H,5,10H2,1-4H3,(H,19,20). The lowest BCUT2D eigenvalue weighted by Gasteiger charge is -2.10. The first-order valence-corrected chi connectivity index (χ1v) is 8.48. The van der Waals surface area contributed by atoms with E-state index in [1.165, 1.54) is 18.4 Å². The van der Waals surface area contributed by atoms with E-state index in [0.29, 0.717) is 16.3 Å². The first-order valence-electron chi connectivity index (χ1n) is 7.66. The van der Waals surface area contributed by atoms with Crippen molar-refractivity contribution in [3.8, 4) is 5.75 Å². The fourth-order valence-corrected chi connectivity index (χ4v) is 3.37. The second kappa shape index (κ2) is 7.97. The number of hydrogen-bond donors (Lipinski definition) is 1. The Morgan fingerprint density at radius 2 is 1.92 bits per heavy atom. The van der Waals surface area contributed by atoms with E-state index in [-0.39, 0.29) is 12.5 Å². The molecule has 2 aromatic rings. The van der Waals surface area contributed by atoms with Gasteiger partial charge in [0.1, 0.15) is 10.8 Å². The Hall–Kier alpha value is -2.34. The van der Waals surface area contributed by atoms with Gasteiger partial charge < -0.3 is 14.8 Å². The van der Waals surface area contributed by atoms with Crippen LogP contribution in [0.5, 0.6) is 5.75 Å². The van der Waals surface area contributed by atoms with Crippen molar-refractivity contribution in [1.82, 2.24) is 0 Å². The quantitative estimate of drug-likeness (QED) is 0.809. The Morgan fingerprint density at radius 3 is 2.58 bits per heavy atom. The number of anilines is 1. The van der Waals surface area contributed by atoms with Crippen molar-refractivity contribution in [2.24, 2.45) is 0 Å². The molecule has 1 aromatic heterocycles. The maximum absolute atomic E-state index is 12.2. The molecule has 0 atom stereocenters. The molecule has 2 rings (SSSR count).